The molecule has 2 fully saturated rings. The van der Waals surface area contributed by atoms with Gasteiger partial charge in [0.05, 0.1) is 0 Å². The normalized spacial score (nSPS) is 27.0. The predicted octanol–water partition coefficient (Wildman–Crippen LogP) is 2.98. The minimum atomic E-state index is 0.504. The Morgan fingerprint density at radius 1 is 1.22 bits per heavy atom. The van der Waals surface area contributed by atoms with Crippen LogP contribution in [0.5, 0.6) is 0 Å². The quantitative estimate of drug-likeness (QED) is 0.845. The molecule has 0 saturated carbocycles. The molecule has 0 aromatic carbocycles. The number of hydrogen-bond acceptors (Lipinski definition) is 3. The van der Waals surface area contributed by atoms with Gasteiger partial charge in [0.2, 0.25) is 0 Å². The Labute approximate surface area is 117 Å². The Bertz CT molecular complexity index is 237. The molecule has 1 N–H and O–H groups in total. The van der Waals surface area contributed by atoms with Gasteiger partial charge in [-0.3, -0.25) is 0 Å². The monoisotopic (exact) mass is 270 g/mol. The maximum Gasteiger partial charge on any atom is 0.0116 e. The standard InChI is InChI=1S/C15H30N2S/c1-15(2)7-11-17(12-13-18-15)10-3-4-14-5-8-16-9-6-14/h14,16H,3-13H2,1-2H3. The third-order valence-corrected chi connectivity index (χ3v) is 5.85. The Morgan fingerprint density at radius 3 is 2.78 bits per heavy atom. The summed E-state index contributed by atoms with van der Waals surface area (Å²) < 4.78 is 0.504. The molecule has 2 nitrogen and oxygen atoms in total. The average molecular weight is 270 g/mol. The van der Waals surface area contributed by atoms with Crippen molar-refractivity contribution < 1.29 is 0 Å². The first-order valence-corrected chi connectivity index (χ1v) is 8.71. The van der Waals surface area contributed by atoms with Crippen molar-refractivity contribution in [2.75, 3.05) is 38.5 Å². The molecule has 2 saturated heterocycles. The van der Waals surface area contributed by atoms with Crippen LogP contribution in [0.1, 0.15) is 46.0 Å². The van der Waals surface area contributed by atoms with Crippen LogP contribution in [-0.2, 0) is 0 Å². The van der Waals surface area contributed by atoms with Crippen molar-refractivity contribution in [1.82, 2.24) is 10.2 Å². The number of piperidine rings is 1. The summed E-state index contributed by atoms with van der Waals surface area (Å²) in [6.07, 6.45) is 7.03. The molecule has 2 heterocycles. The molecule has 106 valence electrons. The van der Waals surface area contributed by atoms with E-state index in [4.69, 9.17) is 0 Å². The van der Waals surface area contributed by atoms with Crippen LogP contribution in [0.4, 0.5) is 0 Å². The van der Waals surface area contributed by atoms with Gasteiger partial charge in [0.1, 0.15) is 0 Å². The van der Waals surface area contributed by atoms with Crippen LogP contribution in [0, 0.1) is 5.92 Å². The van der Waals surface area contributed by atoms with Crippen molar-refractivity contribution >= 4 is 11.8 Å². The molecule has 0 radical (unpaired) electrons. The number of nitrogens with one attached hydrogen (secondary N) is 1. The van der Waals surface area contributed by atoms with Gasteiger partial charge in [0.25, 0.3) is 0 Å². The number of hydrogen-bond donors (Lipinski definition) is 1. The zero-order valence-corrected chi connectivity index (χ0v) is 13.0. The van der Waals surface area contributed by atoms with Crippen molar-refractivity contribution in [3.63, 3.8) is 0 Å². The molecule has 0 aromatic heterocycles. The molecule has 2 rings (SSSR count). The van der Waals surface area contributed by atoms with Crippen LogP contribution < -0.4 is 5.32 Å². The van der Waals surface area contributed by atoms with Crippen molar-refractivity contribution in [1.29, 1.82) is 0 Å². The third kappa shape index (κ3) is 5.10. The summed E-state index contributed by atoms with van der Waals surface area (Å²) in [6.45, 7) is 11.2. The molecule has 0 unspecified atom stereocenters. The predicted molar refractivity (Wildman–Crippen MR) is 82.4 cm³/mol. The Morgan fingerprint density at radius 2 is 2.00 bits per heavy atom. The second kappa shape index (κ2) is 7.16. The minimum Gasteiger partial charge on any atom is -0.317 e. The van der Waals surface area contributed by atoms with E-state index in [1.54, 1.807) is 0 Å². The molecule has 0 atom stereocenters. The lowest BCUT2D eigenvalue weighted by Crippen LogP contribution is -2.30. The smallest absolute Gasteiger partial charge is 0.0116 e. The van der Waals surface area contributed by atoms with Gasteiger partial charge in [-0.05, 0) is 64.2 Å². The molecule has 2 aliphatic heterocycles. The van der Waals surface area contributed by atoms with Crippen LogP contribution in [0.3, 0.4) is 0 Å². The summed E-state index contributed by atoms with van der Waals surface area (Å²) in [6, 6.07) is 0. The van der Waals surface area contributed by atoms with Gasteiger partial charge in [-0.1, -0.05) is 13.8 Å². The van der Waals surface area contributed by atoms with Crippen LogP contribution in [0.2, 0.25) is 0 Å². The van der Waals surface area contributed by atoms with Crippen LogP contribution >= 0.6 is 11.8 Å². The lowest BCUT2D eigenvalue weighted by atomic mass is 9.93. The zero-order chi connectivity index (χ0) is 12.8. The molecule has 2 aliphatic rings. The van der Waals surface area contributed by atoms with Gasteiger partial charge >= 0.3 is 0 Å². The van der Waals surface area contributed by atoms with Gasteiger partial charge in [-0.25, -0.2) is 0 Å². The Hall–Kier alpha value is 0.270. The first kappa shape index (κ1) is 14.7. The average Bonchev–Trinajstić information content (AvgIpc) is 2.52. The highest BCUT2D eigenvalue weighted by Crippen LogP contribution is 2.30. The van der Waals surface area contributed by atoms with Crippen LogP contribution in [0.25, 0.3) is 0 Å². The Kier molecular flexibility index (Phi) is 5.84. The van der Waals surface area contributed by atoms with Crippen molar-refractivity contribution in [2.24, 2.45) is 5.92 Å². The maximum absolute atomic E-state index is 3.46. The Balaban J connectivity index is 1.61. The van der Waals surface area contributed by atoms with E-state index < -0.39 is 0 Å². The molecular weight excluding hydrogens is 240 g/mol. The summed E-state index contributed by atoms with van der Waals surface area (Å²) >= 11 is 2.16. The molecule has 0 amide bonds. The van der Waals surface area contributed by atoms with E-state index in [9.17, 15) is 0 Å². The number of thioether (sulfide) groups is 1. The summed E-state index contributed by atoms with van der Waals surface area (Å²) in [7, 11) is 0. The van der Waals surface area contributed by atoms with E-state index in [1.165, 1.54) is 70.6 Å². The van der Waals surface area contributed by atoms with E-state index in [0.717, 1.165) is 5.92 Å². The second-order valence-corrected chi connectivity index (χ2v) is 8.34. The summed E-state index contributed by atoms with van der Waals surface area (Å²) in [5.74, 6) is 2.32. The first-order valence-electron chi connectivity index (χ1n) is 7.73. The lowest BCUT2D eigenvalue weighted by molar-refractivity contribution is 0.259. The summed E-state index contributed by atoms with van der Waals surface area (Å²) in [4.78, 5) is 2.70. The fourth-order valence-electron chi connectivity index (χ4n) is 3.06. The molecule has 3 heteroatoms. The van der Waals surface area contributed by atoms with E-state index in [2.05, 4.69) is 35.8 Å². The van der Waals surface area contributed by atoms with Crippen molar-refractivity contribution in [2.45, 2.75) is 50.7 Å². The molecule has 0 aliphatic carbocycles. The highest BCUT2D eigenvalue weighted by molar-refractivity contribution is 8.00. The molecule has 0 spiro atoms. The molecule has 18 heavy (non-hydrogen) atoms. The van der Waals surface area contributed by atoms with Gasteiger partial charge in [0.15, 0.2) is 0 Å². The van der Waals surface area contributed by atoms with Crippen molar-refractivity contribution in [3.8, 4) is 0 Å². The fourth-order valence-corrected chi connectivity index (χ4v) is 4.20. The topological polar surface area (TPSA) is 15.3 Å². The van der Waals surface area contributed by atoms with E-state index in [-0.39, 0.29) is 0 Å². The third-order valence-electron chi connectivity index (χ3n) is 4.48. The second-order valence-electron chi connectivity index (χ2n) is 6.54. The van der Waals surface area contributed by atoms with Crippen LogP contribution in [0.15, 0.2) is 0 Å². The van der Waals surface area contributed by atoms with Crippen LogP contribution in [-0.4, -0.2) is 48.1 Å². The lowest BCUT2D eigenvalue weighted by Gasteiger charge is -2.25. The molecular formula is C15H30N2S. The van der Waals surface area contributed by atoms with Gasteiger partial charge in [-0.2, -0.15) is 11.8 Å². The number of nitrogens with zero attached hydrogens (tertiary/aromatic N) is 1. The summed E-state index contributed by atoms with van der Waals surface area (Å²) in [5.41, 5.74) is 0. The van der Waals surface area contributed by atoms with E-state index in [0.29, 0.717) is 4.75 Å². The van der Waals surface area contributed by atoms with E-state index >= 15 is 0 Å². The highest BCUT2D eigenvalue weighted by atomic mass is 32.2. The fraction of sp³-hybridized carbons (Fsp3) is 1.00. The first-order chi connectivity index (χ1) is 8.66. The summed E-state index contributed by atoms with van der Waals surface area (Å²) in [5, 5.41) is 3.46. The zero-order valence-electron chi connectivity index (χ0n) is 12.2. The minimum absolute atomic E-state index is 0.504. The molecule has 0 aromatic rings. The number of rotatable bonds is 4. The van der Waals surface area contributed by atoms with Gasteiger partial charge in [0, 0.05) is 17.0 Å². The molecule has 0 bridgehead atoms. The van der Waals surface area contributed by atoms with Gasteiger partial charge in [-0.15, -0.1) is 0 Å². The SMILES string of the molecule is CC1(C)CCN(CCCC2CCNCC2)CCS1. The maximum atomic E-state index is 3.46. The van der Waals surface area contributed by atoms with Crippen molar-refractivity contribution in [3.05, 3.63) is 0 Å². The highest BCUT2D eigenvalue weighted by Gasteiger charge is 2.23. The van der Waals surface area contributed by atoms with E-state index in [1.807, 2.05) is 0 Å². The largest absolute Gasteiger partial charge is 0.317 e. The van der Waals surface area contributed by atoms with Gasteiger partial charge < -0.3 is 10.2 Å².